The topological polar surface area (TPSA) is 77.7 Å². The Balaban J connectivity index is 1.32. The predicted molar refractivity (Wildman–Crippen MR) is 112 cm³/mol. The number of hydrogen-bond acceptors (Lipinski definition) is 6. The number of benzene rings is 2. The van der Waals surface area contributed by atoms with E-state index in [0.717, 1.165) is 35.5 Å². The Morgan fingerprint density at radius 3 is 2.20 bits per heavy atom. The summed E-state index contributed by atoms with van der Waals surface area (Å²) < 4.78 is 15.9. The minimum Gasteiger partial charge on any atom is -0.497 e. The lowest BCUT2D eigenvalue weighted by atomic mass is 9.96. The summed E-state index contributed by atoms with van der Waals surface area (Å²) in [5.41, 5.74) is 1.88. The van der Waals surface area contributed by atoms with Crippen molar-refractivity contribution in [2.24, 2.45) is 0 Å². The van der Waals surface area contributed by atoms with Gasteiger partial charge in [-0.25, -0.2) is 0 Å². The zero-order chi connectivity index (χ0) is 20.9. The summed E-state index contributed by atoms with van der Waals surface area (Å²) in [5, 5.41) is 4.12. The van der Waals surface area contributed by atoms with Crippen molar-refractivity contribution in [3.8, 4) is 22.9 Å². The van der Waals surface area contributed by atoms with Gasteiger partial charge in [0.25, 0.3) is 0 Å². The van der Waals surface area contributed by atoms with Crippen molar-refractivity contribution in [3.63, 3.8) is 0 Å². The zero-order valence-corrected chi connectivity index (χ0v) is 17.2. The van der Waals surface area contributed by atoms with Gasteiger partial charge in [-0.1, -0.05) is 17.3 Å². The molecule has 3 aromatic rings. The molecule has 0 spiro atoms. The van der Waals surface area contributed by atoms with Gasteiger partial charge in [-0.05, 0) is 54.8 Å². The van der Waals surface area contributed by atoms with E-state index < -0.39 is 0 Å². The van der Waals surface area contributed by atoms with E-state index in [-0.39, 0.29) is 11.8 Å². The van der Waals surface area contributed by atoms with Crippen LogP contribution < -0.4 is 9.47 Å². The molecule has 0 saturated carbocycles. The van der Waals surface area contributed by atoms with Crippen LogP contribution in [-0.4, -0.2) is 48.3 Å². The number of ether oxygens (including phenoxy) is 2. The average molecular weight is 407 g/mol. The van der Waals surface area contributed by atoms with E-state index in [9.17, 15) is 4.79 Å². The molecule has 1 aromatic heterocycles. The van der Waals surface area contributed by atoms with Crippen LogP contribution in [0.3, 0.4) is 0 Å². The second-order valence-electron chi connectivity index (χ2n) is 7.36. The van der Waals surface area contributed by atoms with Crippen molar-refractivity contribution in [1.82, 2.24) is 15.0 Å². The van der Waals surface area contributed by atoms with Crippen LogP contribution in [0.15, 0.2) is 53.1 Å². The second kappa shape index (κ2) is 8.98. The molecule has 2 aromatic carbocycles. The summed E-state index contributed by atoms with van der Waals surface area (Å²) in [6.07, 6.45) is 2.04. The van der Waals surface area contributed by atoms with Crippen molar-refractivity contribution in [3.05, 3.63) is 60.0 Å². The van der Waals surface area contributed by atoms with Crippen LogP contribution in [0.2, 0.25) is 0 Å². The number of likely N-dealkylation sites (tertiary alicyclic amines) is 1. The lowest BCUT2D eigenvalue weighted by Crippen LogP contribution is -2.38. The predicted octanol–water partition coefficient (Wildman–Crippen LogP) is 3.70. The van der Waals surface area contributed by atoms with Gasteiger partial charge in [-0.15, -0.1) is 0 Å². The number of piperidine rings is 1. The van der Waals surface area contributed by atoms with E-state index in [0.29, 0.717) is 31.2 Å². The summed E-state index contributed by atoms with van der Waals surface area (Å²) in [5.74, 6) is 3.11. The average Bonchev–Trinajstić information content (AvgIpc) is 3.30. The Kier molecular flexibility index (Phi) is 5.97. The van der Waals surface area contributed by atoms with Crippen LogP contribution in [0.5, 0.6) is 11.5 Å². The van der Waals surface area contributed by atoms with E-state index in [1.165, 1.54) is 0 Å². The number of carbonyl (C=O) groups is 1. The molecule has 2 heterocycles. The summed E-state index contributed by atoms with van der Waals surface area (Å²) in [6.45, 7) is 1.39. The second-order valence-corrected chi connectivity index (χ2v) is 7.36. The van der Waals surface area contributed by atoms with Crippen LogP contribution in [0.4, 0.5) is 0 Å². The Morgan fingerprint density at radius 2 is 1.60 bits per heavy atom. The molecule has 1 amide bonds. The number of amides is 1. The van der Waals surface area contributed by atoms with Crippen LogP contribution in [0.25, 0.3) is 11.4 Å². The highest BCUT2D eigenvalue weighted by molar-refractivity contribution is 5.79. The number of nitrogens with zero attached hydrogens (tertiary/aromatic N) is 3. The summed E-state index contributed by atoms with van der Waals surface area (Å²) in [7, 11) is 3.27. The zero-order valence-electron chi connectivity index (χ0n) is 17.2. The van der Waals surface area contributed by atoms with Gasteiger partial charge in [-0.2, -0.15) is 4.98 Å². The van der Waals surface area contributed by atoms with Crippen LogP contribution >= 0.6 is 0 Å². The van der Waals surface area contributed by atoms with E-state index >= 15 is 0 Å². The summed E-state index contributed by atoms with van der Waals surface area (Å²) in [6, 6.07) is 15.2. The third-order valence-corrected chi connectivity index (χ3v) is 5.50. The van der Waals surface area contributed by atoms with Crippen molar-refractivity contribution < 1.29 is 18.8 Å². The molecule has 0 bridgehead atoms. The molecular weight excluding hydrogens is 382 g/mol. The van der Waals surface area contributed by atoms with Crippen molar-refractivity contribution in [2.45, 2.75) is 25.2 Å². The third-order valence-electron chi connectivity index (χ3n) is 5.50. The quantitative estimate of drug-likeness (QED) is 0.620. The Labute approximate surface area is 175 Å². The van der Waals surface area contributed by atoms with Crippen LogP contribution in [-0.2, 0) is 11.2 Å². The van der Waals surface area contributed by atoms with Crippen LogP contribution in [0, 0.1) is 0 Å². The van der Waals surface area contributed by atoms with Gasteiger partial charge in [0.05, 0.1) is 20.6 Å². The van der Waals surface area contributed by atoms with E-state index in [4.69, 9.17) is 14.0 Å². The van der Waals surface area contributed by atoms with E-state index in [1.54, 1.807) is 14.2 Å². The van der Waals surface area contributed by atoms with Gasteiger partial charge in [0.1, 0.15) is 11.5 Å². The van der Waals surface area contributed by atoms with Gasteiger partial charge in [0, 0.05) is 24.6 Å². The monoisotopic (exact) mass is 407 g/mol. The van der Waals surface area contributed by atoms with Crippen molar-refractivity contribution >= 4 is 5.91 Å². The molecule has 7 heteroatoms. The molecule has 1 aliphatic heterocycles. The maximum Gasteiger partial charge on any atom is 0.230 e. The third kappa shape index (κ3) is 4.45. The number of aromatic nitrogens is 2. The maximum absolute atomic E-state index is 12.6. The molecule has 1 aliphatic rings. The molecule has 30 heavy (non-hydrogen) atoms. The fourth-order valence-corrected chi connectivity index (χ4v) is 3.66. The van der Waals surface area contributed by atoms with Gasteiger partial charge in [-0.3, -0.25) is 4.79 Å². The minimum absolute atomic E-state index is 0.142. The fraction of sp³-hybridized carbons (Fsp3) is 0.348. The lowest BCUT2D eigenvalue weighted by molar-refractivity contribution is -0.131. The molecular formula is C23H25N3O4. The summed E-state index contributed by atoms with van der Waals surface area (Å²) >= 11 is 0. The first kappa shape index (κ1) is 19.9. The Morgan fingerprint density at radius 1 is 1.00 bits per heavy atom. The normalized spacial score (nSPS) is 14.5. The molecule has 4 rings (SSSR count). The first-order chi connectivity index (χ1) is 14.7. The number of hydrogen-bond donors (Lipinski definition) is 0. The highest BCUT2D eigenvalue weighted by Gasteiger charge is 2.27. The molecule has 156 valence electrons. The smallest absolute Gasteiger partial charge is 0.230 e. The Hall–Kier alpha value is -3.35. The van der Waals surface area contributed by atoms with Gasteiger partial charge >= 0.3 is 0 Å². The lowest BCUT2D eigenvalue weighted by Gasteiger charge is -2.30. The standard InChI is InChI=1S/C23H25N3O4/c1-28-19-7-3-16(4-8-19)15-21(27)26-13-11-18(12-14-26)23-24-22(25-30-23)17-5-9-20(29-2)10-6-17/h3-10,18H,11-15H2,1-2H3. The number of methoxy groups -OCH3 is 2. The first-order valence-corrected chi connectivity index (χ1v) is 10.0. The van der Waals surface area contributed by atoms with Crippen molar-refractivity contribution in [2.75, 3.05) is 27.3 Å². The number of carbonyl (C=O) groups excluding carboxylic acids is 1. The maximum atomic E-state index is 12.6. The molecule has 0 N–H and O–H groups in total. The SMILES string of the molecule is COc1ccc(CC(=O)N2CCC(c3nc(-c4ccc(OC)cc4)no3)CC2)cc1. The highest BCUT2D eigenvalue weighted by atomic mass is 16.5. The molecule has 0 atom stereocenters. The van der Waals surface area contributed by atoms with Crippen LogP contribution in [0.1, 0.15) is 30.2 Å². The first-order valence-electron chi connectivity index (χ1n) is 10.0. The fourth-order valence-electron chi connectivity index (χ4n) is 3.66. The Bertz CT molecular complexity index is 974. The van der Waals surface area contributed by atoms with Gasteiger partial charge in [0.15, 0.2) is 0 Å². The largest absolute Gasteiger partial charge is 0.497 e. The highest BCUT2D eigenvalue weighted by Crippen LogP contribution is 2.29. The number of rotatable bonds is 6. The van der Waals surface area contributed by atoms with E-state index in [1.807, 2.05) is 53.4 Å². The molecule has 0 radical (unpaired) electrons. The van der Waals surface area contributed by atoms with Crippen molar-refractivity contribution in [1.29, 1.82) is 0 Å². The van der Waals surface area contributed by atoms with Gasteiger partial charge in [0.2, 0.25) is 17.6 Å². The van der Waals surface area contributed by atoms with E-state index in [2.05, 4.69) is 10.1 Å². The molecule has 1 saturated heterocycles. The minimum atomic E-state index is 0.142. The molecule has 0 unspecified atom stereocenters. The molecule has 7 nitrogen and oxygen atoms in total. The molecule has 0 aliphatic carbocycles. The molecule has 1 fully saturated rings. The summed E-state index contributed by atoms with van der Waals surface area (Å²) in [4.78, 5) is 19.1. The van der Waals surface area contributed by atoms with Gasteiger partial charge < -0.3 is 18.9 Å².